The summed E-state index contributed by atoms with van der Waals surface area (Å²) in [6, 6.07) is 11.6. The molecule has 2 heteroatoms. The number of nitrogens with one attached hydrogen (secondary N) is 1. The fraction of sp³-hybridized carbons (Fsp3) is 0.600. The van der Waals surface area contributed by atoms with E-state index in [9.17, 15) is 0 Å². The first kappa shape index (κ1) is 11.2. The van der Waals surface area contributed by atoms with Crippen molar-refractivity contribution in [1.82, 2.24) is 5.32 Å². The van der Waals surface area contributed by atoms with Crippen LogP contribution in [0.25, 0.3) is 0 Å². The molecule has 0 aliphatic carbocycles. The molecule has 0 amide bonds. The Hall–Kier alpha value is -0.860. The summed E-state index contributed by atoms with van der Waals surface area (Å²) in [5.41, 5.74) is 1.75. The van der Waals surface area contributed by atoms with Crippen molar-refractivity contribution < 1.29 is 4.74 Å². The topological polar surface area (TPSA) is 21.3 Å². The normalized spacial score (nSPS) is 27.4. The number of rotatable bonds is 3. The van der Waals surface area contributed by atoms with E-state index in [-0.39, 0.29) is 5.41 Å². The molecule has 0 bridgehead atoms. The maximum Gasteiger partial charge on any atom is 0.0586 e. The Balaban J connectivity index is 1.73. The Morgan fingerprint density at radius 3 is 2.59 bits per heavy atom. The number of ether oxygens (including phenoxy) is 1. The maximum absolute atomic E-state index is 5.51. The molecule has 0 saturated carbocycles. The lowest BCUT2D eigenvalue weighted by Crippen LogP contribution is -2.51. The van der Waals surface area contributed by atoms with Crippen LogP contribution in [0.15, 0.2) is 30.3 Å². The molecule has 0 spiro atoms. The van der Waals surface area contributed by atoms with E-state index in [0.717, 1.165) is 13.2 Å². The first-order valence-electron chi connectivity index (χ1n) is 6.76. The van der Waals surface area contributed by atoms with Crippen LogP contribution in [0.1, 0.15) is 31.2 Å². The van der Waals surface area contributed by atoms with Crippen LogP contribution < -0.4 is 5.32 Å². The van der Waals surface area contributed by atoms with Gasteiger partial charge in [0.15, 0.2) is 0 Å². The van der Waals surface area contributed by atoms with Crippen molar-refractivity contribution in [3.63, 3.8) is 0 Å². The smallest absolute Gasteiger partial charge is 0.0586 e. The molecule has 0 radical (unpaired) electrons. The fourth-order valence-electron chi connectivity index (χ4n) is 3.11. The minimum Gasteiger partial charge on any atom is -0.379 e. The molecule has 2 aliphatic heterocycles. The van der Waals surface area contributed by atoms with Crippen LogP contribution in [0.2, 0.25) is 0 Å². The van der Waals surface area contributed by atoms with Gasteiger partial charge in [0.1, 0.15) is 0 Å². The third kappa shape index (κ3) is 2.24. The van der Waals surface area contributed by atoms with Gasteiger partial charge in [-0.05, 0) is 31.4 Å². The van der Waals surface area contributed by atoms with E-state index in [1.54, 1.807) is 0 Å². The molecule has 1 atom stereocenters. The highest BCUT2D eigenvalue weighted by Crippen LogP contribution is 2.37. The van der Waals surface area contributed by atoms with Gasteiger partial charge in [-0.3, -0.25) is 0 Å². The Morgan fingerprint density at radius 2 is 2.00 bits per heavy atom. The van der Waals surface area contributed by atoms with Gasteiger partial charge in [-0.2, -0.15) is 0 Å². The summed E-state index contributed by atoms with van der Waals surface area (Å²) in [7, 11) is 0. The van der Waals surface area contributed by atoms with E-state index < -0.39 is 0 Å². The molecule has 2 heterocycles. The second kappa shape index (κ2) is 4.79. The molecule has 2 saturated heterocycles. The molecule has 2 nitrogen and oxygen atoms in total. The number of hydrogen-bond donors (Lipinski definition) is 1. The Kier molecular flexibility index (Phi) is 3.17. The van der Waals surface area contributed by atoms with E-state index in [2.05, 4.69) is 35.6 Å². The second-order valence-electron chi connectivity index (χ2n) is 5.49. The van der Waals surface area contributed by atoms with Gasteiger partial charge in [0.2, 0.25) is 0 Å². The van der Waals surface area contributed by atoms with Gasteiger partial charge in [-0.1, -0.05) is 36.8 Å². The molecule has 1 N–H and O–H groups in total. The lowest BCUT2D eigenvalue weighted by atomic mass is 9.73. The summed E-state index contributed by atoms with van der Waals surface area (Å²) >= 11 is 0. The highest BCUT2D eigenvalue weighted by atomic mass is 16.5. The molecule has 0 aromatic heterocycles. The van der Waals surface area contributed by atoms with Crippen molar-refractivity contribution in [2.24, 2.45) is 0 Å². The molecule has 1 aromatic carbocycles. The summed E-state index contributed by atoms with van der Waals surface area (Å²) in [6.07, 6.45) is 5.28. The molecular formula is C15H21NO. The minimum absolute atomic E-state index is 0.288. The predicted octanol–water partition coefficient (Wildman–Crippen LogP) is 2.49. The molecule has 1 aromatic rings. The number of hydrogen-bond acceptors (Lipinski definition) is 2. The zero-order valence-electron chi connectivity index (χ0n) is 10.3. The van der Waals surface area contributed by atoms with Gasteiger partial charge in [-0.15, -0.1) is 0 Å². The molecule has 17 heavy (non-hydrogen) atoms. The third-order valence-electron chi connectivity index (χ3n) is 4.19. The summed E-state index contributed by atoms with van der Waals surface area (Å²) in [4.78, 5) is 0. The molecule has 2 fully saturated rings. The summed E-state index contributed by atoms with van der Waals surface area (Å²) in [5, 5.41) is 3.66. The summed E-state index contributed by atoms with van der Waals surface area (Å²) < 4.78 is 5.51. The van der Waals surface area contributed by atoms with Crippen LogP contribution in [0.4, 0.5) is 0 Å². The highest BCUT2D eigenvalue weighted by molar-refractivity contribution is 5.28. The van der Waals surface area contributed by atoms with Gasteiger partial charge in [0.05, 0.1) is 13.2 Å². The van der Waals surface area contributed by atoms with E-state index >= 15 is 0 Å². The zero-order valence-corrected chi connectivity index (χ0v) is 10.3. The van der Waals surface area contributed by atoms with Crippen molar-refractivity contribution in [1.29, 1.82) is 0 Å². The van der Waals surface area contributed by atoms with E-state index in [0.29, 0.717) is 6.04 Å². The van der Waals surface area contributed by atoms with Crippen LogP contribution in [0.3, 0.4) is 0 Å². The highest BCUT2D eigenvalue weighted by Gasteiger charge is 2.41. The van der Waals surface area contributed by atoms with Crippen LogP contribution in [-0.2, 0) is 10.2 Å². The van der Waals surface area contributed by atoms with Crippen LogP contribution >= 0.6 is 0 Å². The molecular weight excluding hydrogens is 210 g/mol. The average Bonchev–Trinajstić information content (AvgIpc) is 2.36. The van der Waals surface area contributed by atoms with Gasteiger partial charge in [-0.25, -0.2) is 0 Å². The standard InChI is InChI=1S/C15H21NO/c1-2-6-13(7-3-1)15(11-17-12-15)10-14-8-4-5-9-16-14/h1-3,6-7,14,16H,4-5,8-12H2. The number of piperidine rings is 1. The van der Waals surface area contributed by atoms with Crippen molar-refractivity contribution >= 4 is 0 Å². The lowest BCUT2D eigenvalue weighted by Gasteiger charge is -2.45. The summed E-state index contributed by atoms with van der Waals surface area (Å²) in [6.45, 7) is 2.99. The van der Waals surface area contributed by atoms with Crippen LogP contribution in [0.5, 0.6) is 0 Å². The van der Waals surface area contributed by atoms with Crippen molar-refractivity contribution in [2.45, 2.75) is 37.1 Å². The first-order chi connectivity index (χ1) is 8.39. The first-order valence-corrected chi connectivity index (χ1v) is 6.76. The Morgan fingerprint density at radius 1 is 1.18 bits per heavy atom. The quantitative estimate of drug-likeness (QED) is 0.863. The zero-order chi connectivity index (χ0) is 11.6. The van der Waals surface area contributed by atoms with Gasteiger partial charge < -0.3 is 10.1 Å². The van der Waals surface area contributed by atoms with Crippen molar-refractivity contribution in [3.8, 4) is 0 Å². The van der Waals surface area contributed by atoms with Crippen LogP contribution in [-0.4, -0.2) is 25.8 Å². The van der Waals surface area contributed by atoms with E-state index in [4.69, 9.17) is 4.74 Å². The largest absolute Gasteiger partial charge is 0.379 e. The van der Waals surface area contributed by atoms with Crippen molar-refractivity contribution in [2.75, 3.05) is 19.8 Å². The van der Waals surface area contributed by atoms with E-state index in [1.165, 1.54) is 37.8 Å². The lowest BCUT2D eigenvalue weighted by molar-refractivity contribution is -0.0696. The van der Waals surface area contributed by atoms with Gasteiger partial charge in [0, 0.05) is 11.5 Å². The average molecular weight is 231 g/mol. The molecule has 1 unspecified atom stereocenters. The van der Waals surface area contributed by atoms with Gasteiger partial charge in [0.25, 0.3) is 0 Å². The van der Waals surface area contributed by atoms with Gasteiger partial charge >= 0.3 is 0 Å². The fourth-order valence-corrected chi connectivity index (χ4v) is 3.11. The maximum atomic E-state index is 5.51. The summed E-state index contributed by atoms with van der Waals surface area (Å²) in [5.74, 6) is 0. The second-order valence-corrected chi connectivity index (χ2v) is 5.49. The monoisotopic (exact) mass is 231 g/mol. The minimum atomic E-state index is 0.288. The Bertz CT molecular complexity index is 352. The molecule has 2 aliphatic rings. The Labute approximate surface area is 103 Å². The van der Waals surface area contributed by atoms with E-state index in [1.807, 2.05) is 0 Å². The molecule has 92 valence electrons. The van der Waals surface area contributed by atoms with Crippen molar-refractivity contribution in [3.05, 3.63) is 35.9 Å². The third-order valence-corrected chi connectivity index (χ3v) is 4.19. The number of benzene rings is 1. The van der Waals surface area contributed by atoms with Crippen LogP contribution in [0, 0.1) is 0 Å². The molecule has 3 rings (SSSR count). The predicted molar refractivity (Wildman–Crippen MR) is 69.2 cm³/mol. The SMILES string of the molecule is c1ccc(C2(CC3CCCCN3)COC2)cc1.